The van der Waals surface area contributed by atoms with E-state index in [1.54, 1.807) is 0 Å². The fourth-order valence-electron chi connectivity index (χ4n) is 6.30. The van der Waals surface area contributed by atoms with Crippen LogP contribution in [-0.4, -0.2) is 68.3 Å². The van der Waals surface area contributed by atoms with Crippen LogP contribution in [0.5, 0.6) is 5.75 Å². The van der Waals surface area contributed by atoms with Crippen LogP contribution in [0.25, 0.3) is 22.2 Å². The highest BCUT2D eigenvalue weighted by Gasteiger charge is 2.35. The Morgan fingerprint density at radius 2 is 1.62 bits per heavy atom. The third-order valence-electron chi connectivity index (χ3n) is 8.68. The van der Waals surface area contributed by atoms with Crippen LogP contribution < -0.4 is 14.5 Å². The van der Waals surface area contributed by atoms with Crippen LogP contribution in [0, 0.1) is 5.92 Å². The maximum atomic E-state index is 13.9. The Kier molecular flexibility index (Phi) is 6.64. The summed E-state index contributed by atoms with van der Waals surface area (Å²) in [7, 11) is 0. The highest BCUT2D eigenvalue weighted by Crippen LogP contribution is 2.47. The molecule has 3 heterocycles. The number of carbonyl (C=O) groups is 1. The van der Waals surface area contributed by atoms with Gasteiger partial charge >= 0.3 is 0 Å². The van der Waals surface area contributed by atoms with Crippen LogP contribution in [0.3, 0.4) is 0 Å². The lowest BCUT2D eigenvalue weighted by atomic mass is 9.85. The summed E-state index contributed by atoms with van der Waals surface area (Å²) in [5, 5.41) is 6.15. The van der Waals surface area contributed by atoms with Gasteiger partial charge in [-0.25, -0.2) is 0 Å². The smallest absolute Gasteiger partial charge is 0.196 e. The average molecular weight is 557 g/mol. The van der Waals surface area contributed by atoms with Gasteiger partial charge in [0.05, 0.1) is 22.3 Å². The number of hydrogen-bond donors (Lipinski definition) is 0. The van der Waals surface area contributed by atoms with Crippen molar-refractivity contribution in [1.82, 2.24) is 10.1 Å². The van der Waals surface area contributed by atoms with Crippen LogP contribution in [0.4, 0.5) is 11.4 Å². The molecule has 0 spiro atoms. The molecule has 1 aliphatic carbocycles. The molecule has 4 aromatic rings. The SMILES string of the molecule is CC1CCN(c2cc(N3CCN(CCOc4ccc(Cl)cc4)CC3)c3noc4c3c2C(=O)c2ccccc2-4)CC1. The molecule has 2 aliphatic heterocycles. The molecule has 3 aliphatic rings. The lowest BCUT2D eigenvalue weighted by molar-refractivity contribution is 0.104. The highest BCUT2D eigenvalue weighted by atomic mass is 35.5. The van der Waals surface area contributed by atoms with E-state index in [-0.39, 0.29) is 5.78 Å². The zero-order valence-electron chi connectivity index (χ0n) is 22.7. The number of rotatable bonds is 6. The molecule has 0 N–H and O–H groups in total. The number of hydrogen-bond acceptors (Lipinski definition) is 7. The van der Waals surface area contributed by atoms with Gasteiger partial charge in [-0.15, -0.1) is 0 Å². The monoisotopic (exact) mass is 556 g/mol. The number of piperidine rings is 1. The molecule has 3 aromatic carbocycles. The summed E-state index contributed by atoms with van der Waals surface area (Å²) in [6.07, 6.45) is 2.26. The van der Waals surface area contributed by atoms with Gasteiger partial charge in [0.2, 0.25) is 0 Å². The summed E-state index contributed by atoms with van der Waals surface area (Å²) in [5.41, 5.74) is 5.16. The standard InChI is InChI=1S/C32H33ClN4O3/c1-21-10-12-36(13-11-21)26-20-27(30-29-28(26)31(38)24-4-2-3-5-25(24)32(29)40-34-30)37-16-14-35(15-17-37)18-19-39-23-8-6-22(33)7-9-23/h2-9,20-21H,10-19H2,1H3. The Morgan fingerprint density at radius 3 is 2.38 bits per heavy atom. The molecule has 0 atom stereocenters. The van der Waals surface area contributed by atoms with Crippen LogP contribution in [-0.2, 0) is 0 Å². The first-order chi connectivity index (χ1) is 19.6. The minimum Gasteiger partial charge on any atom is -0.492 e. The maximum Gasteiger partial charge on any atom is 0.196 e. The Morgan fingerprint density at radius 1 is 0.925 bits per heavy atom. The quantitative estimate of drug-likeness (QED) is 0.249. The molecule has 1 aromatic heterocycles. The van der Waals surface area contributed by atoms with E-state index in [1.807, 2.05) is 48.5 Å². The summed E-state index contributed by atoms with van der Waals surface area (Å²) in [4.78, 5) is 21.2. The summed E-state index contributed by atoms with van der Waals surface area (Å²) >= 11 is 5.98. The molecule has 0 unspecified atom stereocenters. The highest BCUT2D eigenvalue weighted by molar-refractivity contribution is 6.30. The molecule has 0 saturated carbocycles. The molecule has 2 fully saturated rings. The van der Waals surface area contributed by atoms with Gasteiger partial charge in [0, 0.05) is 62.0 Å². The van der Waals surface area contributed by atoms with E-state index in [1.165, 1.54) is 0 Å². The minimum atomic E-state index is 0.0713. The molecular formula is C32H33ClN4O3. The van der Waals surface area contributed by atoms with E-state index in [9.17, 15) is 4.79 Å². The van der Waals surface area contributed by atoms with E-state index in [4.69, 9.17) is 20.9 Å². The molecule has 206 valence electrons. The summed E-state index contributed by atoms with van der Waals surface area (Å²) < 4.78 is 11.9. The van der Waals surface area contributed by atoms with Crippen molar-refractivity contribution in [3.8, 4) is 17.1 Å². The van der Waals surface area contributed by atoms with Crippen molar-refractivity contribution < 1.29 is 14.1 Å². The molecule has 7 rings (SSSR count). The topological polar surface area (TPSA) is 62.1 Å². The Bertz CT molecular complexity index is 1550. The number of ketones is 1. The van der Waals surface area contributed by atoms with E-state index in [2.05, 4.69) is 32.8 Å². The number of aromatic nitrogens is 1. The number of anilines is 2. The number of nitrogens with zero attached hydrogens (tertiary/aromatic N) is 4. The van der Waals surface area contributed by atoms with Crippen LogP contribution >= 0.6 is 11.6 Å². The van der Waals surface area contributed by atoms with Gasteiger partial charge in [0.15, 0.2) is 11.5 Å². The molecule has 0 bridgehead atoms. The lowest BCUT2D eigenvalue weighted by Crippen LogP contribution is -2.47. The first kappa shape index (κ1) is 25.4. The normalized spacial score (nSPS) is 17.9. The minimum absolute atomic E-state index is 0.0713. The van der Waals surface area contributed by atoms with Crippen LogP contribution in [0.15, 0.2) is 59.1 Å². The molecule has 8 heteroatoms. The second kappa shape index (κ2) is 10.5. The zero-order chi connectivity index (χ0) is 27.2. The van der Waals surface area contributed by atoms with Crippen molar-refractivity contribution in [3.63, 3.8) is 0 Å². The second-order valence-corrected chi connectivity index (χ2v) is 11.6. The van der Waals surface area contributed by atoms with Gasteiger partial charge in [-0.3, -0.25) is 9.69 Å². The number of benzene rings is 3. The van der Waals surface area contributed by atoms with Crippen molar-refractivity contribution in [1.29, 1.82) is 0 Å². The van der Waals surface area contributed by atoms with E-state index < -0.39 is 0 Å². The number of piperazine rings is 1. The predicted octanol–water partition coefficient (Wildman–Crippen LogP) is 6.13. The molecule has 7 nitrogen and oxygen atoms in total. The Labute approximate surface area is 239 Å². The predicted molar refractivity (Wildman–Crippen MR) is 159 cm³/mol. The summed E-state index contributed by atoms with van der Waals surface area (Å²) in [6.45, 7) is 9.32. The molecular weight excluding hydrogens is 524 g/mol. The lowest BCUT2D eigenvalue weighted by Gasteiger charge is -2.38. The van der Waals surface area contributed by atoms with E-state index >= 15 is 0 Å². The second-order valence-electron chi connectivity index (χ2n) is 11.2. The van der Waals surface area contributed by atoms with Gasteiger partial charge in [-0.1, -0.05) is 47.9 Å². The van der Waals surface area contributed by atoms with Crippen LogP contribution in [0.2, 0.25) is 5.02 Å². The first-order valence-corrected chi connectivity index (χ1v) is 14.7. The van der Waals surface area contributed by atoms with Gasteiger partial charge in [-0.2, -0.15) is 0 Å². The molecule has 40 heavy (non-hydrogen) atoms. The Hall–Kier alpha value is -3.55. The zero-order valence-corrected chi connectivity index (χ0v) is 23.5. The summed E-state index contributed by atoms with van der Waals surface area (Å²) in [5.74, 6) is 2.33. The number of carbonyl (C=O) groups excluding carboxylic acids is 1. The van der Waals surface area contributed by atoms with Gasteiger partial charge in [0.1, 0.15) is 17.9 Å². The van der Waals surface area contributed by atoms with Crippen molar-refractivity contribution in [2.24, 2.45) is 5.92 Å². The van der Waals surface area contributed by atoms with Crippen molar-refractivity contribution in [3.05, 3.63) is 70.7 Å². The molecule has 2 saturated heterocycles. The van der Waals surface area contributed by atoms with E-state index in [0.717, 1.165) is 97.8 Å². The van der Waals surface area contributed by atoms with Crippen molar-refractivity contribution >= 4 is 39.7 Å². The summed E-state index contributed by atoms with van der Waals surface area (Å²) in [6, 6.07) is 17.5. The molecule has 0 amide bonds. The fraction of sp³-hybridized carbons (Fsp3) is 0.375. The average Bonchev–Trinajstić information content (AvgIpc) is 3.43. The number of ether oxygens (including phenoxy) is 1. The third-order valence-corrected chi connectivity index (χ3v) is 8.94. The number of fused-ring (bicyclic) bond motifs is 2. The van der Waals surface area contributed by atoms with Gasteiger partial charge < -0.3 is 19.1 Å². The fourth-order valence-corrected chi connectivity index (χ4v) is 6.42. The maximum absolute atomic E-state index is 13.9. The van der Waals surface area contributed by atoms with E-state index in [0.29, 0.717) is 28.9 Å². The van der Waals surface area contributed by atoms with Crippen molar-refractivity contribution in [2.45, 2.75) is 19.8 Å². The number of halogens is 1. The van der Waals surface area contributed by atoms with Gasteiger partial charge in [0.25, 0.3) is 0 Å². The largest absolute Gasteiger partial charge is 0.492 e. The van der Waals surface area contributed by atoms with Gasteiger partial charge in [-0.05, 0) is 49.1 Å². The Balaban J connectivity index is 1.16. The van der Waals surface area contributed by atoms with Crippen molar-refractivity contribution in [2.75, 3.05) is 62.2 Å². The van der Waals surface area contributed by atoms with Crippen LogP contribution in [0.1, 0.15) is 35.7 Å². The third kappa shape index (κ3) is 4.51. The first-order valence-electron chi connectivity index (χ1n) is 14.3. The molecule has 0 radical (unpaired) electrons.